The molecule has 0 fully saturated rings. The quantitative estimate of drug-likeness (QED) is 0.801. The Morgan fingerprint density at radius 2 is 2.35 bits per heavy atom. The van der Waals surface area contributed by atoms with Crippen LogP contribution in [0.5, 0.6) is 5.75 Å². The van der Waals surface area contributed by atoms with Gasteiger partial charge in [-0.15, -0.1) is 5.92 Å². The summed E-state index contributed by atoms with van der Waals surface area (Å²) in [7, 11) is 0. The summed E-state index contributed by atoms with van der Waals surface area (Å²) in [6.07, 6.45) is 1.54. The van der Waals surface area contributed by atoms with Crippen molar-refractivity contribution in [1.82, 2.24) is 10.3 Å². The number of rotatable bonds is 4. The highest BCUT2D eigenvalue weighted by atomic mass is 16.5. The number of aryl methyl sites for hydroxylation is 1. The van der Waals surface area contributed by atoms with E-state index in [0.717, 1.165) is 5.56 Å². The zero-order valence-corrected chi connectivity index (χ0v) is 10.3. The summed E-state index contributed by atoms with van der Waals surface area (Å²) in [6, 6.07) is 1.79. The van der Waals surface area contributed by atoms with E-state index in [1.165, 1.54) is 6.20 Å². The Hall–Kier alpha value is -2.02. The van der Waals surface area contributed by atoms with Crippen LogP contribution in [-0.4, -0.2) is 24.0 Å². The maximum absolute atomic E-state index is 11.6. The summed E-state index contributed by atoms with van der Waals surface area (Å²) in [4.78, 5) is 15.7. The number of nitrogens with one attached hydrogen (secondary N) is 1. The molecule has 0 aromatic carbocycles. The molecular formula is C13H16N2O2. The molecule has 1 N–H and O–H groups in total. The third-order valence-electron chi connectivity index (χ3n) is 2.09. The molecular weight excluding hydrogens is 216 g/mol. The van der Waals surface area contributed by atoms with Crippen LogP contribution in [0.2, 0.25) is 0 Å². The molecule has 1 rings (SSSR count). The first-order chi connectivity index (χ1) is 8.19. The molecule has 0 radical (unpaired) electrons. The van der Waals surface area contributed by atoms with Gasteiger partial charge in [-0.1, -0.05) is 5.92 Å². The number of ether oxygens (including phenoxy) is 1. The minimum Gasteiger partial charge on any atom is -0.479 e. The van der Waals surface area contributed by atoms with Crippen LogP contribution < -0.4 is 10.1 Å². The number of nitrogens with zero attached hydrogens (tertiary/aromatic N) is 1. The highest BCUT2D eigenvalue weighted by Gasteiger charge is 2.10. The SMILES string of the molecule is CC#CCOc1cnc(C(=O)NCC)c(C)c1. The molecule has 1 amide bonds. The van der Waals surface area contributed by atoms with Gasteiger partial charge in [0.25, 0.3) is 5.91 Å². The first-order valence-corrected chi connectivity index (χ1v) is 5.46. The van der Waals surface area contributed by atoms with Gasteiger partial charge in [0.2, 0.25) is 0 Å². The number of amides is 1. The zero-order valence-electron chi connectivity index (χ0n) is 10.3. The molecule has 90 valence electrons. The average Bonchev–Trinajstić information content (AvgIpc) is 2.29. The number of carbonyl (C=O) groups excluding carboxylic acids is 1. The lowest BCUT2D eigenvalue weighted by molar-refractivity contribution is 0.0950. The van der Waals surface area contributed by atoms with Crippen LogP contribution in [0, 0.1) is 18.8 Å². The van der Waals surface area contributed by atoms with E-state index in [4.69, 9.17) is 4.74 Å². The largest absolute Gasteiger partial charge is 0.479 e. The molecule has 0 bridgehead atoms. The van der Waals surface area contributed by atoms with Crippen molar-refractivity contribution in [3.63, 3.8) is 0 Å². The number of aromatic nitrogens is 1. The Morgan fingerprint density at radius 1 is 1.59 bits per heavy atom. The molecule has 1 aromatic heterocycles. The van der Waals surface area contributed by atoms with Gasteiger partial charge < -0.3 is 10.1 Å². The van der Waals surface area contributed by atoms with E-state index in [0.29, 0.717) is 24.6 Å². The van der Waals surface area contributed by atoms with Crippen LogP contribution in [0.15, 0.2) is 12.3 Å². The minimum absolute atomic E-state index is 0.162. The lowest BCUT2D eigenvalue weighted by Gasteiger charge is -2.07. The summed E-state index contributed by atoms with van der Waals surface area (Å²) in [5.74, 6) is 6.00. The summed E-state index contributed by atoms with van der Waals surface area (Å²) >= 11 is 0. The highest BCUT2D eigenvalue weighted by molar-refractivity contribution is 5.93. The fourth-order valence-electron chi connectivity index (χ4n) is 1.30. The first kappa shape index (κ1) is 13.0. The normalized spacial score (nSPS) is 9.12. The van der Waals surface area contributed by atoms with Crippen molar-refractivity contribution in [2.75, 3.05) is 13.2 Å². The van der Waals surface area contributed by atoms with Crippen LogP contribution in [-0.2, 0) is 0 Å². The molecule has 0 saturated heterocycles. The number of pyridine rings is 1. The number of carbonyl (C=O) groups is 1. The third-order valence-corrected chi connectivity index (χ3v) is 2.09. The summed E-state index contributed by atoms with van der Waals surface area (Å²) in [6.45, 7) is 6.37. The van der Waals surface area contributed by atoms with Crippen LogP contribution in [0.3, 0.4) is 0 Å². The second-order valence-corrected chi connectivity index (χ2v) is 3.41. The Morgan fingerprint density at radius 3 is 2.94 bits per heavy atom. The summed E-state index contributed by atoms with van der Waals surface area (Å²) in [5.41, 5.74) is 1.22. The second kappa shape index (κ2) is 6.54. The topological polar surface area (TPSA) is 51.2 Å². The predicted octanol–water partition coefficient (Wildman–Crippen LogP) is 1.54. The maximum atomic E-state index is 11.6. The predicted molar refractivity (Wildman–Crippen MR) is 65.9 cm³/mol. The fraction of sp³-hybridized carbons (Fsp3) is 0.385. The molecule has 4 nitrogen and oxygen atoms in total. The van der Waals surface area contributed by atoms with Gasteiger partial charge in [-0.25, -0.2) is 4.98 Å². The fourth-order valence-corrected chi connectivity index (χ4v) is 1.30. The van der Waals surface area contributed by atoms with E-state index in [1.807, 2.05) is 13.8 Å². The first-order valence-electron chi connectivity index (χ1n) is 5.46. The van der Waals surface area contributed by atoms with Crippen LogP contribution in [0.4, 0.5) is 0 Å². The molecule has 1 heterocycles. The molecule has 17 heavy (non-hydrogen) atoms. The minimum atomic E-state index is -0.162. The molecule has 0 aliphatic rings. The number of hydrogen-bond donors (Lipinski definition) is 1. The molecule has 0 saturated carbocycles. The van der Waals surface area contributed by atoms with Crippen molar-refractivity contribution in [3.8, 4) is 17.6 Å². The van der Waals surface area contributed by atoms with Gasteiger partial charge in [-0.3, -0.25) is 4.79 Å². The third kappa shape index (κ3) is 3.80. The Bertz CT molecular complexity index is 458. The standard InChI is InChI=1S/C13H16N2O2/c1-4-6-7-17-11-8-10(3)12(15-9-11)13(16)14-5-2/h8-9H,5,7H2,1-3H3,(H,14,16). The van der Waals surface area contributed by atoms with Gasteiger partial charge in [0, 0.05) is 6.54 Å². The lowest BCUT2D eigenvalue weighted by Crippen LogP contribution is -2.24. The van der Waals surface area contributed by atoms with Gasteiger partial charge in [0.05, 0.1) is 6.20 Å². The highest BCUT2D eigenvalue weighted by Crippen LogP contribution is 2.14. The smallest absolute Gasteiger partial charge is 0.270 e. The van der Waals surface area contributed by atoms with E-state index < -0.39 is 0 Å². The second-order valence-electron chi connectivity index (χ2n) is 3.41. The molecule has 1 aromatic rings. The molecule has 0 atom stereocenters. The average molecular weight is 232 g/mol. The van der Waals surface area contributed by atoms with Gasteiger partial charge in [-0.2, -0.15) is 0 Å². The van der Waals surface area contributed by atoms with Crippen molar-refractivity contribution in [3.05, 3.63) is 23.5 Å². The molecule has 0 aliphatic carbocycles. The van der Waals surface area contributed by atoms with Crippen molar-refractivity contribution in [2.24, 2.45) is 0 Å². The lowest BCUT2D eigenvalue weighted by atomic mass is 10.2. The van der Waals surface area contributed by atoms with Crippen molar-refractivity contribution < 1.29 is 9.53 Å². The van der Waals surface area contributed by atoms with Gasteiger partial charge in [-0.05, 0) is 32.4 Å². The molecule has 0 unspecified atom stereocenters. The summed E-state index contributed by atoms with van der Waals surface area (Å²) < 4.78 is 5.35. The zero-order chi connectivity index (χ0) is 12.7. The van der Waals surface area contributed by atoms with Crippen LogP contribution in [0.1, 0.15) is 29.9 Å². The Labute approximate surface area is 101 Å². The van der Waals surface area contributed by atoms with Crippen LogP contribution >= 0.6 is 0 Å². The van der Waals surface area contributed by atoms with Gasteiger partial charge in [0.1, 0.15) is 18.1 Å². The Kier molecular flexibility index (Phi) is 5.02. The van der Waals surface area contributed by atoms with Crippen LogP contribution in [0.25, 0.3) is 0 Å². The number of hydrogen-bond acceptors (Lipinski definition) is 3. The van der Waals surface area contributed by atoms with E-state index in [-0.39, 0.29) is 5.91 Å². The molecule has 0 spiro atoms. The monoisotopic (exact) mass is 232 g/mol. The van der Waals surface area contributed by atoms with Crippen molar-refractivity contribution >= 4 is 5.91 Å². The van der Waals surface area contributed by atoms with Crippen molar-refractivity contribution in [2.45, 2.75) is 20.8 Å². The van der Waals surface area contributed by atoms with E-state index in [9.17, 15) is 4.79 Å². The molecule has 4 heteroatoms. The Balaban J connectivity index is 2.77. The van der Waals surface area contributed by atoms with E-state index >= 15 is 0 Å². The van der Waals surface area contributed by atoms with E-state index in [2.05, 4.69) is 22.1 Å². The molecule has 0 aliphatic heterocycles. The van der Waals surface area contributed by atoms with E-state index in [1.54, 1.807) is 13.0 Å². The summed E-state index contributed by atoms with van der Waals surface area (Å²) in [5, 5.41) is 2.71. The van der Waals surface area contributed by atoms with Gasteiger partial charge >= 0.3 is 0 Å². The maximum Gasteiger partial charge on any atom is 0.270 e. The van der Waals surface area contributed by atoms with Crippen molar-refractivity contribution in [1.29, 1.82) is 0 Å². The van der Waals surface area contributed by atoms with Gasteiger partial charge in [0.15, 0.2) is 0 Å².